The Hall–Kier alpha value is -1.69. The molecule has 6 heteroatoms. The molecule has 0 radical (unpaired) electrons. The van der Waals surface area contributed by atoms with Crippen molar-refractivity contribution in [3.63, 3.8) is 0 Å². The fourth-order valence-electron chi connectivity index (χ4n) is 7.02. The number of aliphatic hydroxyl groups excluding tert-OH is 1. The van der Waals surface area contributed by atoms with Gasteiger partial charge in [0.2, 0.25) is 5.91 Å². The van der Waals surface area contributed by atoms with E-state index >= 15 is 0 Å². The fraction of sp³-hybridized carbons (Fsp3) is 0.783. The number of rotatable bonds is 4. The lowest BCUT2D eigenvalue weighted by atomic mass is 9.48. The van der Waals surface area contributed by atoms with Gasteiger partial charge in [-0.05, 0) is 74.5 Å². The van der Waals surface area contributed by atoms with Gasteiger partial charge in [-0.1, -0.05) is 25.5 Å². The molecule has 4 aliphatic rings. The van der Waals surface area contributed by atoms with Crippen LogP contribution in [0.5, 0.6) is 0 Å². The van der Waals surface area contributed by atoms with Gasteiger partial charge in [-0.3, -0.25) is 9.59 Å². The van der Waals surface area contributed by atoms with Gasteiger partial charge >= 0.3 is 5.97 Å². The molecule has 0 aromatic rings. The molecule has 0 heterocycles. The second-order valence-electron chi connectivity index (χ2n) is 10.1. The van der Waals surface area contributed by atoms with E-state index < -0.39 is 5.97 Å². The van der Waals surface area contributed by atoms with Crippen molar-refractivity contribution in [3.8, 4) is 0 Å². The molecule has 0 aliphatic heterocycles. The SMILES string of the molecule is CC12CCC(O)CC1=CCC1C2CCC2(C)/C(=N/NC(=O)CCC(=O)O)CCC12. The summed E-state index contributed by atoms with van der Waals surface area (Å²) in [5.74, 6) is 0.620. The number of allylic oxidation sites excluding steroid dienone is 1. The van der Waals surface area contributed by atoms with E-state index in [9.17, 15) is 14.7 Å². The van der Waals surface area contributed by atoms with Gasteiger partial charge in [0.05, 0.1) is 12.5 Å². The number of fused-ring (bicyclic) bond motifs is 5. The number of aliphatic hydroxyl groups is 1. The van der Waals surface area contributed by atoms with Gasteiger partial charge in [0, 0.05) is 17.5 Å². The molecule has 4 aliphatic carbocycles. The molecule has 29 heavy (non-hydrogen) atoms. The molecule has 1 amide bonds. The zero-order valence-electron chi connectivity index (χ0n) is 17.6. The van der Waals surface area contributed by atoms with Crippen molar-refractivity contribution in [2.45, 2.75) is 84.2 Å². The lowest BCUT2D eigenvalue weighted by Gasteiger charge is -2.57. The zero-order valence-corrected chi connectivity index (χ0v) is 17.6. The summed E-state index contributed by atoms with van der Waals surface area (Å²) in [7, 11) is 0. The molecule has 0 saturated heterocycles. The highest BCUT2D eigenvalue weighted by molar-refractivity contribution is 5.93. The van der Waals surface area contributed by atoms with Gasteiger partial charge in [-0.2, -0.15) is 5.10 Å². The van der Waals surface area contributed by atoms with Crippen molar-refractivity contribution in [2.24, 2.45) is 33.7 Å². The maximum Gasteiger partial charge on any atom is 0.303 e. The van der Waals surface area contributed by atoms with Crippen LogP contribution in [0.1, 0.15) is 78.1 Å². The molecule has 3 fully saturated rings. The number of amides is 1. The highest BCUT2D eigenvalue weighted by atomic mass is 16.4. The molecule has 160 valence electrons. The van der Waals surface area contributed by atoms with Crippen LogP contribution in [0, 0.1) is 28.6 Å². The maximum absolute atomic E-state index is 11.9. The predicted octanol–water partition coefficient (Wildman–Crippen LogP) is 3.65. The number of hydrogen-bond donors (Lipinski definition) is 3. The maximum atomic E-state index is 11.9. The Balaban J connectivity index is 1.49. The van der Waals surface area contributed by atoms with Crippen molar-refractivity contribution in [3.05, 3.63) is 11.6 Å². The summed E-state index contributed by atoms with van der Waals surface area (Å²) < 4.78 is 0. The first-order chi connectivity index (χ1) is 13.7. The van der Waals surface area contributed by atoms with Gasteiger partial charge in [-0.25, -0.2) is 5.43 Å². The van der Waals surface area contributed by atoms with Gasteiger partial charge in [0.25, 0.3) is 0 Å². The summed E-state index contributed by atoms with van der Waals surface area (Å²) in [5, 5.41) is 23.3. The molecule has 0 aromatic carbocycles. The molecule has 0 spiro atoms. The van der Waals surface area contributed by atoms with Crippen LogP contribution < -0.4 is 5.43 Å². The Morgan fingerprint density at radius 3 is 2.62 bits per heavy atom. The summed E-state index contributed by atoms with van der Waals surface area (Å²) in [5.41, 5.74) is 5.44. The second kappa shape index (κ2) is 7.53. The Labute approximate surface area is 172 Å². The fourth-order valence-corrected chi connectivity index (χ4v) is 7.02. The average molecular weight is 403 g/mol. The van der Waals surface area contributed by atoms with E-state index in [0.717, 1.165) is 50.7 Å². The van der Waals surface area contributed by atoms with Crippen LogP contribution in [-0.2, 0) is 9.59 Å². The molecular weight excluding hydrogens is 368 g/mol. The molecule has 3 N–H and O–H groups in total. The minimum atomic E-state index is -0.965. The van der Waals surface area contributed by atoms with Crippen molar-refractivity contribution in [1.29, 1.82) is 0 Å². The number of aliphatic carboxylic acids is 1. The Morgan fingerprint density at radius 2 is 1.86 bits per heavy atom. The van der Waals surface area contributed by atoms with E-state index in [1.165, 1.54) is 12.0 Å². The quantitative estimate of drug-likeness (QED) is 0.494. The minimum Gasteiger partial charge on any atom is -0.481 e. The molecule has 6 unspecified atom stereocenters. The van der Waals surface area contributed by atoms with E-state index in [0.29, 0.717) is 17.8 Å². The number of nitrogens with one attached hydrogen (secondary N) is 1. The molecule has 3 saturated carbocycles. The van der Waals surface area contributed by atoms with Gasteiger partial charge in [-0.15, -0.1) is 0 Å². The van der Waals surface area contributed by atoms with Crippen molar-refractivity contribution >= 4 is 17.6 Å². The summed E-state index contributed by atoms with van der Waals surface area (Å²) in [4.78, 5) is 22.6. The smallest absolute Gasteiger partial charge is 0.303 e. The van der Waals surface area contributed by atoms with E-state index in [4.69, 9.17) is 5.11 Å². The largest absolute Gasteiger partial charge is 0.481 e. The first kappa shape index (κ1) is 20.6. The van der Waals surface area contributed by atoms with Crippen molar-refractivity contribution in [1.82, 2.24) is 5.43 Å². The van der Waals surface area contributed by atoms with Gasteiger partial charge in [0.1, 0.15) is 0 Å². The number of carbonyl (C=O) groups excluding carboxylic acids is 1. The Bertz CT molecular complexity index is 760. The third kappa shape index (κ3) is 3.54. The normalized spacial score (nSPS) is 42.4. The third-order valence-corrected chi connectivity index (χ3v) is 8.70. The number of hydrogen-bond acceptors (Lipinski definition) is 4. The molecule has 4 rings (SSSR count). The van der Waals surface area contributed by atoms with Crippen LogP contribution in [0.25, 0.3) is 0 Å². The summed E-state index contributed by atoms with van der Waals surface area (Å²) in [6.07, 6.45) is 10.3. The topological polar surface area (TPSA) is 99.0 Å². The lowest BCUT2D eigenvalue weighted by molar-refractivity contribution is -0.138. The standard InChI is InChI=1S/C23H34N2O4/c1-22-11-9-15(26)13-14(22)3-4-16-17-5-6-19(23(17,2)12-10-18(16)22)24-25-20(27)7-8-21(28)29/h3,15-18,26H,4-13H2,1-2H3,(H,25,27)(H,28,29)/b24-19+. The van der Waals surface area contributed by atoms with Crippen molar-refractivity contribution in [2.75, 3.05) is 0 Å². The summed E-state index contributed by atoms with van der Waals surface area (Å²) >= 11 is 0. The van der Waals surface area contributed by atoms with Crippen molar-refractivity contribution < 1.29 is 19.8 Å². The first-order valence-corrected chi connectivity index (χ1v) is 11.2. The van der Waals surface area contributed by atoms with E-state index in [-0.39, 0.29) is 35.7 Å². The molecule has 0 aromatic heterocycles. The summed E-state index contributed by atoms with van der Waals surface area (Å²) in [6.45, 7) is 4.74. The number of nitrogens with zero attached hydrogens (tertiary/aromatic N) is 1. The van der Waals surface area contributed by atoms with Crippen LogP contribution in [0.15, 0.2) is 16.8 Å². The van der Waals surface area contributed by atoms with E-state index in [1.807, 2.05) is 0 Å². The number of hydrazone groups is 1. The van der Waals surface area contributed by atoms with Gasteiger partial charge in [0.15, 0.2) is 0 Å². The van der Waals surface area contributed by atoms with Crippen LogP contribution in [0.2, 0.25) is 0 Å². The molecule has 6 atom stereocenters. The molecule has 0 bridgehead atoms. The van der Waals surface area contributed by atoms with Crippen LogP contribution in [0.4, 0.5) is 0 Å². The van der Waals surface area contributed by atoms with E-state index in [2.05, 4.69) is 30.5 Å². The van der Waals surface area contributed by atoms with Crippen LogP contribution in [-0.4, -0.2) is 33.9 Å². The minimum absolute atomic E-state index is 0.0249. The highest BCUT2D eigenvalue weighted by Crippen LogP contribution is 2.64. The monoisotopic (exact) mass is 402 g/mol. The predicted molar refractivity (Wildman–Crippen MR) is 110 cm³/mol. The molecular formula is C23H34N2O4. The number of carboxylic acid groups (broad SMARTS) is 1. The summed E-state index contributed by atoms with van der Waals surface area (Å²) in [6, 6.07) is 0. The lowest BCUT2D eigenvalue weighted by Crippen LogP contribution is -2.50. The molecule has 6 nitrogen and oxygen atoms in total. The van der Waals surface area contributed by atoms with Crippen LogP contribution in [0.3, 0.4) is 0 Å². The zero-order chi connectivity index (χ0) is 20.8. The second-order valence-corrected chi connectivity index (χ2v) is 10.1. The van der Waals surface area contributed by atoms with E-state index in [1.54, 1.807) is 0 Å². The number of carbonyl (C=O) groups is 2. The Kier molecular flexibility index (Phi) is 5.34. The van der Waals surface area contributed by atoms with Gasteiger partial charge < -0.3 is 10.2 Å². The first-order valence-electron chi connectivity index (χ1n) is 11.2. The highest BCUT2D eigenvalue weighted by Gasteiger charge is 2.57. The number of carboxylic acids is 1. The average Bonchev–Trinajstić information content (AvgIpc) is 3.01. The third-order valence-electron chi connectivity index (χ3n) is 8.70. The Morgan fingerprint density at radius 1 is 1.14 bits per heavy atom. The van der Waals surface area contributed by atoms with Crippen LogP contribution >= 0.6 is 0 Å².